The lowest BCUT2D eigenvalue weighted by atomic mass is 10.2. The summed E-state index contributed by atoms with van der Waals surface area (Å²) in [6, 6.07) is 17.8. The Kier molecular flexibility index (Phi) is 5.56. The molecule has 0 saturated carbocycles. The Labute approximate surface area is 156 Å². The number of carbonyl (C=O) groups excluding carboxylic acids is 1. The highest BCUT2D eigenvalue weighted by atomic mass is 19.1. The van der Waals surface area contributed by atoms with Gasteiger partial charge in [0, 0.05) is 11.8 Å². The van der Waals surface area contributed by atoms with Crippen molar-refractivity contribution in [3.05, 3.63) is 78.1 Å². The number of ether oxygens (including phenoxy) is 3. The fourth-order valence-corrected chi connectivity index (χ4v) is 2.45. The first-order valence-electron chi connectivity index (χ1n) is 8.16. The van der Waals surface area contributed by atoms with Gasteiger partial charge in [0.05, 0.1) is 19.8 Å². The van der Waals surface area contributed by atoms with Crippen LogP contribution in [0, 0.1) is 5.82 Å². The molecule has 1 N–H and O–H groups in total. The first kappa shape index (κ1) is 18.3. The number of nitrogens with one attached hydrogen (secondary N) is 1. The Bertz CT molecular complexity index is 941. The van der Waals surface area contributed by atoms with Gasteiger partial charge >= 0.3 is 0 Å². The Hall–Kier alpha value is -3.54. The van der Waals surface area contributed by atoms with Crippen LogP contribution in [0.4, 0.5) is 10.1 Å². The normalized spacial score (nSPS) is 10.2. The van der Waals surface area contributed by atoms with Crippen LogP contribution in [-0.2, 0) is 0 Å². The third-order valence-corrected chi connectivity index (χ3v) is 3.83. The Morgan fingerprint density at radius 3 is 2.22 bits per heavy atom. The van der Waals surface area contributed by atoms with Crippen molar-refractivity contribution in [2.24, 2.45) is 0 Å². The lowest BCUT2D eigenvalue weighted by molar-refractivity contribution is 0.102. The van der Waals surface area contributed by atoms with Gasteiger partial charge in [-0.1, -0.05) is 12.1 Å². The van der Waals surface area contributed by atoms with Crippen LogP contribution < -0.4 is 19.5 Å². The largest absolute Gasteiger partial charge is 0.497 e. The number of hydrogen-bond acceptors (Lipinski definition) is 4. The number of amides is 1. The van der Waals surface area contributed by atoms with Gasteiger partial charge in [-0.05, 0) is 48.5 Å². The topological polar surface area (TPSA) is 56.8 Å². The van der Waals surface area contributed by atoms with Crippen molar-refractivity contribution in [2.75, 3.05) is 19.5 Å². The molecule has 0 aliphatic rings. The molecule has 0 spiro atoms. The van der Waals surface area contributed by atoms with E-state index in [4.69, 9.17) is 14.2 Å². The lowest BCUT2D eigenvalue weighted by Crippen LogP contribution is -2.13. The molecule has 0 radical (unpaired) electrons. The summed E-state index contributed by atoms with van der Waals surface area (Å²) in [6.45, 7) is 0. The summed E-state index contributed by atoms with van der Waals surface area (Å²) in [7, 11) is 3.11. The first-order valence-corrected chi connectivity index (χ1v) is 8.16. The zero-order valence-corrected chi connectivity index (χ0v) is 14.9. The van der Waals surface area contributed by atoms with Gasteiger partial charge in [0.2, 0.25) is 0 Å². The zero-order valence-electron chi connectivity index (χ0n) is 14.9. The van der Waals surface area contributed by atoms with Gasteiger partial charge in [-0.2, -0.15) is 0 Å². The van der Waals surface area contributed by atoms with Gasteiger partial charge in [0.25, 0.3) is 5.91 Å². The van der Waals surface area contributed by atoms with Crippen LogP contribution in [0.1, 0.15) is 10.4 Å². The summed E-state index contributed by atoms with van der Waals surface area (Å²) in [4.78, 5) is 12.3. The molecule has 5 nitrogen and oxygen atoms in total. The first-order chi connectivity index (χ1) is 13.1. The fourth-order valence-electron chi connectivity index (χ4n) is 2.45. The second-order valence-corrected chi connectivity index (χ2v) is 5.58. The summed E-state index contributed by atoms with van der Waals surface area (Å²) in [5.41, 5.74) is 0.415. The molecular formula is C21H18FNO4. The van der Waals surface area contributed by atoms with E-state index in [1.165, 1.54) is 25.3 Å². The molecule has 0 heterocycles. The second-order valence-electron chi connectivity index (χ2n) is 5.58. The number of anilines is 1. The highest BCUT2D eigenvalue weighted by molar-refractivity contribution is 6.04. The monoisotopic (exact) mass is 367 g/mol. The van der Waals surface area contributed by atoms with Crippen molar-refractivity contribution in [1.82, 2.24) is 0 Å². The van der Waals surface area contributed by atoms with Crippen LogP contribution in [-0.4, -0.2) is 20.1 Å². The van der Waals surface area contributed by atoms with Gasteiger partial charge < -0.3 is 19.5 Å². The van der Waals surface area contributed by atoms with Crippen LogP contribution in [0.5, 0.6) is 23.0 Å². The van der Waals surface area contributed by atoms with E-state index in [1.54, 1.807) is 55.6 Å². The van der Waals surface area contributed by atoms with E-state index in [1.807, 2.05) is 0 Å². The van der Waals surface area contributed by atoms with Crippen molar-refractivity contribution in [3.63, 3.8) is 0 Å². The van der Waals surface area contributed by atoms with Crippen molar-refractivity contribution in [3.8, 4) is 23.0 Å². The lowest BCUT2D eigenvalue weighted by Gasteiger charge is -2.13. The van der Waals surface area contributed by atoms with E-state index in [9.17, 15) is 9.18 Å². The van der Waals surface area contributed by atoms with Crippen molar-refractivity contribution in [2.45, 2.75) is 0 Å². The number of benzene rings is 3. The van der Waals surface area contributed by atoms with Crippen molar-refractivity contribution in [1.29, 1.82) is 0 Å². The van der Waals surface area contributed by atoms with Crippen LogP contribution >= 0.6 is 0 Å². The summed E-state index contributed by atoms with van der Waals surface area (Å²) in [5.74, 6) is 1.06. The molecule has 0 saturated heterocycles. The average molecular weight is 367 g/mol. The molecule has 0 aliphatic carbocycles. The molecule has 0 bridgehead atoms. The molecule has 0 atom stereocenters. The third kappa shape index (κ3) is 4.36. The molecule has 0 fully saturated rings. The molecule has 0 aromatic heterocycles. The Morgan fingerprint density at radius 2 is 1.56 bits per heavy atom. The highest BCUT2D eigenvalue weighted by Crippen LogP contribution is 2.34. The number of methoxy groups -OCH3 is 2. The molecule has 3 aromatic carbocycles. The molecule has 3 aromatic rings. The standard InChI is InChI=1S/C21H18FNO4/c1-25-15-8-10-16(11-9-15)27-20-13-14(7-12-19(20)26-2)23-21(24)17-5-3-4-6-18(17)22/h3-13H,1-2H3,(H,23,24). The Morgan fingerprint density at radius 1 is 0.852 bits per heavy atom. The fraction of sp³-hybridized carbons (Fsp3) is 0.0952. The van der Waals surface area contributed by atoms with Gasteiger partial charge in [-0.3, -0.25) is 4.79 Å². The minimum absolute atomic E-state index is 0.0362. The zero-order chi connectivity index (χ0) is 19.2. The summed E-state index contributed by atoms with van der Waals surface area (Å²) in [6.07, 6.45) is 0. The van der Waals surface area contributed by atoms with Crippen LogP contribution in [0.25, 0.3) is 0 Å². The van der Waals surface area contributed by atoms with Crippen LogP contribution in [0.2, 0.25) is 0 Å². The smallest absolute Gasteiger partial charge is 0.258 e. The van der Waals surface area contributed by atoms with Crippen molar-refractivity contribution >= 4 is 11.6 Å². The molecule has 0 unspecified atom stereocenters. The van der Waals surface area contributed by atoms with E-state index in [0.29, 0.717) is 28.7 Å². The third-order valence-electron chi connectivity index (χ3n) is 3.83. The predicted octanol–water partition coefficient (Wildman–Crippen LogP) is 4.89. The van der Waals surface area contributed by atoms with Crippen molar-refractivity contribution < 1.29 is 23.4 Å². The molecule has 138 valence electrons. The minimum Gasteiger partial charge on any atom is -0.497 e. The minimum atomic E-state index is -0.585. The van der Waals surface area contributed by atoms with E-state index < -0.39 is 11.7 Å². The Balaban J connectivity index is 1.82. The van der Waals surface area contributed by atoms with Crippen LogP contribution in [0.15, 0.2) is 66.7 Å². The van der Waals surface area contributed by atoms with Gasteiger partial charge in [0.15, 0.2) is 11.5 Å². The average Bonchev–Trinajstić information content (AvgIpc) is 2.69. The van der Waals surface area contributed by atoms with E-state index in [2.05, 4.69) is 5.32 Å². The molecule has 0 aliphatic heterocycles. The van der Waals surface area contributed by atoms with E-state index in [0.717, 1.165) is 0 Å². The quantitative estimate of drug-likeness (QED) is 0.674. The van der Waals surface area contributed by atoms with E-state index >= 15 is 0 Å². The molecule has 6 heteroatoms. The maximum absolute atomic E-state index is 13.8. The number of hydrogen-bond donors (Lipinski definition) is 1. The number of rotatable bonds is 6. The van der Waals surface area contributed by atoms with Gasteiger partial charge in [0.1, 0.15) is 17.3 Å². The number of halogens is 1. The summed E-state index contributed by atoms with van der Waals surface area (Å²) >= 11 is 0. The van der Waals surface area contributed by atoms with Crippen LogP contribution in [0.3, 0.4) is 0 Å². The van der Waals surface area contributed by atoms with E-state index in [-0.39, 0.29) is 5.56 Å². The van der Waals surface area contributed by atoms with Gasteiger partial charge in [-0.15, -0.1) is 0 Å². The SMILES string of the molecule is COc1ccc(Oc2cc(NC(=O)c3ccccc3F)ccc2OC)cc1. The maximum Gasteiger partial charge on any atom is 0.258 e. The highest BCUT2D eigenvalue weighted by Gasteiger charge is 2.13. The second kappa shape index (κ2) is 8.23. The van der Waals surface area contributed by atoms with Gasteiger partial charge in [-0.25, -0.2) is 4.39 Å². The maximum atomic E-state index is 13.8. The predicted molar refractivity (Wildman–Crippen MR) is 100 cm³/mol. The summed E-state index contributed by atoms with van der Waals surface area (Å²) in [5, 5.41) is 2.66. The summed E-state index contributed by atoms with van der Waals surface area (Å²) < 4.78 is 30.0. The number of carbonyl (C=O) groups is 1. The molecule has 27 heavy (non-hydrogen) atoms. The molecular weight excluding hydrogens is 349 g/mol. The molecule has 3 rings (SSSR count). The molecule has 1 amide bonds.